The molecule has 0 N–H and O–H groups in total. The second kappa shape index (κ2) is 6.25. The van der Waals surface area contributed by atoms with Gasteiger partial charge in [0.2, 0.25) is 0 Å². The van der Waals surface area contributed by atoms with Crippen molar-refractivity contribution in [3.63, 3.8) is 0 Å². The molecule has 0 bridgehead atoms. The maximum atomic E-state index is 6.25. The zero-order valence-electron chi connectivity index (χ0n) is 10.7. The van der Waals surface area contributed by atoms with Crippen LogP contribution < -0.4 is 0 Å². The van der Waals surface area contributed by atoms with Gasteiger partial charge in [-0.05, 0) is 24.1 Å². The number of halogens is 3. The molecule has 2 aromatic rings. The Morgan fingerprint density at radius 2 is 2.00 bits per heavy atom. The van der Waals surface area contributed by atoms with Crippen molar-refractivity contribution in [1.29, 1.82) is 0 Å². The number of benzene rings is 1. The fourth-order valence-electron chi connectivity index (χ4n) is 1.86. The molecule has 0 radical (unpaired) electrons. The van der Waals surface area contributed by atoms with Gasteiger partial charge in [0.25, 0.3) is 0 Å². The fraction of sp³-hybridized carbons (Fsp3) is 0.385. The van der Waals surface area contributed by atoms with Gasteiger partial charge < -0.3 is 4.57 Å². The first kappa shape index (κ1) is 14.8. The predicted octanol–water partition coefficient (Wildman–Crippen LogP) is 4.80. The van der Waals surface area contributed by atoms with E-state index in [2.05, 4.69) is 44.5 Å². The molecule has 6 heteroatoms. The Morgan fingerprint density at radius 3 is 2.58 bits per heavy atom. The summed E-state index contributed by atoms with van der Waals surface area (Å²) in [5, 5.41) is 10.3. The van der Waals surface area contributed by atoms with Gasteiger partial charge in [-0.15, -0.1) is 10.2 Å². The highest BCUT2D eigenvalue weighted by Crippen LogP contribution is 2.30. The third-order valence-electron chi connectivity index (χ3n) is 2.67. The molecule has 0 saturated carbocycles. The molecule has 1 aromatic heterocycles. The van der Waals surface area contributed by atoms with Crippen molar-refractivity contribution in [2.45, 2.75) is 25.7 Å². The zero-order valence-corrected chi connectivity index (χ0v) is 13.8. The van der Waals surface area contributed by atoms with Crippen molar-refractivity contribution in [2.75, 3.05) is 0 Å². The first-order valence-electron chi connectivity index (χ1n) is 5.96. The molecule has 0 aliphatic carbocycles. The first-order chi connectivity index (χ1) is 9.02. The molecule has 0 aliphatic rings. The summed E-state index contributed by atoms with van der Waals surface area (Å²) in [6.45, 7) is 5.17. The van der Waals surface area contributed by atoms with E-state index in [-0.39, 0.29) is 0 Å². The van der Waals surface area contributed by atoms with Gasteiger partial charge in [0.15, 0.2) is 5.82 Å². The third-order valence-corrected chi connectivity index (χ3v) is 3.72. The van der Waals surface area contributed by atoms with Crippen molar-refractivity contribution in [1.82, 2.24) is 14.8 Å². The highest BCUT2D eigenvalue weighted by molar-refractivity contribution is 9.08. The van der Waals surface area contributed by atoms with E-state index < -0.39 is 0 Å². The van der Waals surface area contributed by atoms with E-state index in [1.165, 1.54) is 0 Å². The van der Waals surface area contributed by atoms with Crippen LogP contribution in [0.15, 0.2) is 18.2 Å². The quantitative estimate of drug-likeness (QED) is 0.731. The number of hydrogen-bond donors (Lipinski definition) is 0. The molecule has 19 heavy (non-hydrogen) atoms. The van der Waals surface area contributed by atoms with E-state index >= 15 is 0 Å². The summed E-state index contributed by atoms with van der Waals surface area (Å²) in [7, 11) is 0. The minimum Gasteiger partial charge on any atom is -0.310 e. The lowest BCUT2D eigenvalue weighted by atomic mass is 10.2. The van der Waals surface area contributed by atoms with Crippen LogP contribution in [0.3, 0.4) is 0 Å². The molecule has 2 rings (SSSR count). The molecule has 0 fully saturated rings. The Morgan fingerprint density at radius 1 is 1.26 bits per heavy atom. The van der Waals surface area contributed by atoms with Crippen LogP contribution in [0.5, 0.6) is 0 Å². The Balaban J connectivity index is 2.52. The van der Waals surface area contributed by atoms with E-state index in [1.54, 1.807) is 6.07 Å². The molecule has 102 valence electrons. The number of hydrogen-bond acceptors (Lipinski definition) is 2. The second-order valence-electron chi connectivity index (χ2n) is 4.70. The highest BCUT2D eigenvalue weighted by Gasteiger charge is 2.16. The molecule has 1 heterocycles. The Hall–Kier alpha value is -0.580. The smallest absolute Gasteiger partial charge is 0.165 e. The SMILES string of the molecule is CC(C)Cn1c(CBr)nnc1-c1ccc(Cl)cc1Cl. The summed E-state index contributed by atoms with van der Waals surface area (Å²) in [5.74, 6) is 2.18. The molecule has 3 nitrogen and oxygen atoms in total. The maximum absolute atomic E-state index is 6.25. The van der Waals surface area contributed by atoms with Crippen molar-refractivity contribution >= 4 is 39.1 Å². The molecule has 0 amide bonds. The van der Waals surface area contributed by atoms with Crippen molar-refractivity contribution < 1.29 is 0 Å². The van der Waals surface area contributed by atoms with Gasteiger partial charge >= 0.3 is 0 Å². The largest absolute Gasteiger partial charge is 0.310 e. The third kappa shape index (κ3) is 3.30. The normalized spacial score (nSPS) is 11.3. The van der Waals surface area contributed by atoms with E-state index in [1.807, 2.05) is 12.1 Å². The molecular weight excluding hydrogens is 349 g/mol. The summed E-state index contributed by atoms with van der Waals surface area (Å²) in [4.78, 5) is 0. The van der Waals surface area contributed by atoms with Crippen LogP contribution in [0, 0.1) is 5.92 Å². The topological polar surface area (TPSA) is 30.7 Å². The average Bonchev–Trinajstić information content (AvgIpc) is 2.71. The van der Waals surface area contributed by atoms with Gasteiger partial charge in [0, 0.05) is 17.1 Å². The van der Waals surface area contributed by atoms with Crippen LogP contribution in [0.4, 0.5) is 0 Å². The van der Waals surface area contributed by atoms with Crippen LogP contribution in [-0.2, 0) is 11.9 Å². The summed E-state index contributed by atoms with van der Waals surface area (Å²) in [6.07, 6.45) is 0. The van der Waals surface area contributed by atoms with Crippen molar-refractivity contribution in [3.05, 3.63) is 34.1 Å². The fourth-order valence-corrected chi connectivity index (χ4v) is 2.77. The predicted molar refractivity (Wildman–Crippen MR) is 82.9 cm³/mol. The van der Waals surface area contributed by atoms with Crippen molar-refractivity contribution in [3.8, 4) is 11.4 Å². The molecular formula is C13H14BrCl2N3. The lowest BCUT2D eigenvalue weighted by Gasteiger charge is -2.12. The summed E-state index contributed by atoms with van der Waals surface area (Å²) in [5.41, 5.74) is 0.853. The van der Waals surface area contributed by atoms with E-state index in [9.17, 15) is 0 Å². The second-order valence-corrected chi connectivity index (χ2v) is 6.11. The van der Waals surface area contributed by atoms with Gasteiger partial charge in [-0.3, -0.25) is 0 Å². The molecule has 0 aliphatic heterocycles. The summed E-state index contributed by atoms with van der Waals surface area (Å²) in [6, 6.07) is 5.41. The Kier molecular flexibility index (Phi) is 4.87. The maximum Gasteiger partial charge on any atom is 0.165 e. The van der Waals surface area contributed by atoms with Gasteiger partial charge in [-0.1, -0.05) is 53.0 Å². The van der Waals surface area contributed by atoms with Crippen LogP contribution in [0.2, 0.25) is 10.0 Å². The van der Waals surface area contributed by atoms with Gasteiger partial charge in [0.1, 0.15) is 5.82 Å². The minimum absolute atomic E-state index is 0.499. The first-order valence-corrected chi connectivity index (χ1v) is 7.84. The van der Waals surface area contributed by atoms with Gasteiger partial charge in [-0.25, -0.2) is 0 Å². The number of rotatable bonds is 4. The van der Waals surface area contributed by atoms with Crippen LogP contribution in [0.1, 0.15) is 19.7 Å². The molecule has 0 spiro atoms. The minimum atomic E-state index is 0.499. The number of aromatic nitrogens is 3. The summed E-state index contributed by atoms with van der Waals surface area (Å²) >= 11 is 15.6. The summed E-state index contributed by atoms with van der Waals surface area (Å²) < 4.78 is 2.09. The molecule has 0 saturated heterocycles. The van der Waals surface area contributed by atoms with Crippen LogP contribution in [0.25, 0.3) is 11.4 Å². The van der Waals surface area contributed by atoms with E-state index in [0.717, 1.165) is 23.8 Å². The molecule has 0 unspecified atom stereocenters. The van der Waals surface area contributed by atoms with Gasteiger partial charge in [0.05, 0.1) is 10.4 Å². The molecule has 0 atom stereocenters. The number of alkyl halides is 1. The standard InChI is InChI=1S/C13H14BrCl2N3/c1-8(2)7-19-12(6-14)17-18-13(19)10-4-3-9(15)5-11(10)16/h3-5,8H,6-7H2,1-2H3. The molecule has 1 aromatic carbocycles. The van der Waals surface area contributed by atoms with Crippen molar-refractivity contribution in [2.24, 2.45) is 5.92 Å². The lowest BCUT2D eigenvalue weighted by Crippen LogP contribution is -2.09. The van der Waals surface area contributed by atoms with Crippen LogP contribution >= 0.6 is 39.1 Å². The lowest BCUT2D eigenvalue weighted by molar-refractivity contribution is 0.516. The Bertz CT molecular complexity index is 581. The Labute approximate surface area is 131 Å². The number of nitrogens with zero attached hydrogens (tertiary/aromatic N) is 3. The van der Waals surface area contributed by atoms with Crippen LogP contribution in [-0.4, -0.2) is 14.8 Å². The van der Waals surface area contributed by atoms with E-state index in [0.29, 0.717) is 21.3 Å². The average molecular weight is 363 g/mol. The zero-order chi connectivity index (χ0) is 14.0. The highest BCUT2D eigenvalue weighted by atomic mass is 79.9. The van der Waals surface area contributed by atoms with E-state index in [4.69, 9.17) is 23.2 Å². The monoisotopic (exact) mass is 361 g/mol. The van der Waals surface area contributed by atoms with Gasteiger partial charge in [-0.2, -0.15) is 0 Å².